The molecule has 1 N–H and O–H groups in total. The Bertz CT molecular complexity index is 278. The van der Waals surface area contributed by atoms with Crippen molar-refractivity contribution in [3.8, 4) is 0 Å². The summed E-state index contributed by atoms with van der Waals surface area (Å²) in [5.74, 6) is 0. The number of hydrogen-bond acceptors (Lipinski definition) is 1. The normalized spacial score (nSPS) is 14.5. The predicted molar refractivity (Wildman–Crippen MR) is 72.4 cm³/mol. The summed E-state index contributed by atoms with van der Waals surface area (Å²) in [4.78, 5) is 0. The molecule has 92 valence electrons. The lowest BCUT2D eigenvalue weighted by Gasteiger charge is -2.24. The Morgan fingerprint density at radius 3 is 2.31 bits per heavy atom. The molecule has 0 spiro atoms. The van der Waals surface area contributed by atoms with E-state index in [-0.39, 0.29) is 5.41 Å². The summed E-state index contributed by atoms with van der Waals surface area (Å²) >= 11 is 0. The maximum Gasteiger partial charge on any atom is 0.0808 e. The van der Waals surface area contributed by atoms with Gasteiger partial charge in [0.15, 0.2) is 0 Å². The molecule has 0 aromatic carbocycles. The minimum atomic E-state index is -0.447. The van der Waals surface area contributed by atoms with Gasteiger partial charge in [-0.25, -0.2) is 0 Å². The Labute approximate surface area is 101 Å². The van der Waals surface area contributed by atoms with Crippen molar-refractivity contribution in [1.29, 1.82) is 0 Å². The second-order valence-corrected chi connectivity index (χ2v) is 5.30. The van der Waals surface area contributed by atoms with E-state index in [0.29, 0.717) is 0 Å². The third kappa shape index (κ3) is 5.92. The van der Waals surface area contributed by atoms with Gasteiger partial charge in [0, 0.05) is 5.41 Å². The molecule has 0 rings (SSSR count). The largest absolute Gasteiger partial charge is 0.388 e. The SMILES string of the molecule is C=CC(C)(C)[C@H](O)/C=C(\C)CCC=C(C)C. The summed E-state index contributed by atoms with van der Waals surface area (Å²) < 4.78 is 0. The molecule has 0 aliphatic rings. The first kappa shape index (κ1) is 15.2. The first-order valence-electron chi connectivity index (χ1n) is 5.92. The van der Waals surface area contributed by atoms with Crippen molar-refractivity contribution >= 4 is 0 Å². The maximum absolute atomic E-state index is 9.99. The van der Waals surface area contributed by atoms with Gasteiger partial charge in [0.2, 0.25) is 0 Å². The smallest absolute Gasteiger partial charge is 0.0808 e. The van der Waals surface area contributed by atoms with Gasteiger partial charge in [-0.2, -0.15) is 0 Å². The molecule has 0 amide bonds. The van der Waals surface area contributed by atoms with E-state index in [1.165, 1.54) is 11.1 Å². The zero-order valence-corrected chi connectivity index (χ0v) is 11.4. The first-order chi connectivity index (χ1) is 7.29. The van der Waals surface area contributed by atoms with E-state index in [1.54, 1.807) is 6.08 Å². The van der Waals surface area contributed by atoms with Crippen molar-refractivity contribution in [3.05, 3.63) is 36.0 Å². The highest BCUT2D eigenvalue weighted by molar-refractivity contribution is 5.10. The molecule has 0 aliphatic carbocycles. The van der Waals surface area contributed by atoms with Crippen molar-refractivity contribution in [3.63, 3.8) is 0 Å². The van der Waals surface area contributed by atoms with Crippen LogP contribution in [0.25, 0.3) is 0 Å². The molecule has 1 atom stereocenters. The van der Waals surface area contributed by atoms with Crippen molar-refractivity contribution in [2.45, 2.75) is 53.6 Å². The zero-order chi connectivity index (χ0) is 12.8. The summed E-state index contributed by atoms with van der Waals surface area (Å²) in [6, 6.07) is 0. The Hall–Kier alpha value is -0.820. The lowest BCUT2D eigenvalue weighted by atomic mass is 9.85. The van der Waals surface area contributed by atoms with Gasteiger partial charge in [0.25, 0.3) is 0 Å². The predicted octanol–water partition coefficient (Wildman–Crippen LogP) is 4.25. The van der Waals surface area contributed by atoms with Gasteiger partial charge in [-0.3, -0.25) is 0 Å². The Morgan fingerprint density at radius 1 is 1.31 bits per heavy atom. The van der Waals surface area contributed by atoms with E-state index < -0.39 is 6.10 Å². The van der Waals surface area contributed by atoms with Gasteiger partial charge >= 0.3 is 0 Å². The van der Waals surface area contributed by atoms with E-state index in [1.807, 2.05) is 19.9 Å². The molecule has 0 fully saturated rings. The number of hydrogen-bond donors (Lipinski definition) is 1. The van der Waals surface area contributed by atoms with Crippen LogP contribution in [0, 0.1) is 5.41 Å². The molecule has 0 saturated carbocycles. The van der Waals surface area contributed by atoms with Crippen molar-refractivity contribution in [2.75, 3.05) is 0 Å². The van der Waals surface area contributed by atoms with E-state index >= 15 is 0 Å². The number of aliphatic hydroxyl groups excluding tert-OH is 1. The number of rotatable bonds is 6. The van der Waals surface area contributed by atoms with Gasteiger partial charge in [0.1, 0.15) is 0 Å². The summed E-state index contributed by atoms with van der Waals surface area (Å²) in [5, 5.41) is 9.99. The molecule has 0 heterocycles. The van der Waals surface area contributed by atoms with Crippen LogP contribution in [0.2, 0.25) is 0 Å². The average molecular weight is 222 g/mol. The molecule has 0 unspecified atom stereocenters. The van der Waals surface area contributed by atoms with Crippen LogP contribution in [0.3, 0.4) is 0 Å². The van der Waals surface area contributed by atoms with Crippen LogP contribution in [-0.2, 0) is 0 Å². The van der Waals surface area contributed by atoms with Crippen LogP contribution in [-0.4, -0.2) is 11.2 Å². The molecular formula is C15H26O. The minimum Gasteiger partial charge on any atom is -0.388 e. The molecule has 0 saturated heterocycles. The molecule has 0 aliphatic heterocycles. The Balaban J connectivity index is 4.32. The van der Waals surface area contributed by atoms with Gasteiger partial charge in [-0.1, -0.05) is 43.2 Å². The monoisotopic (exact) mass is 222 g/mol. The highest BCUT2D eigenvalue weighted by Crippen LogP contribution is 2.24. The van der Waals surface area contributed by atoms with Crippen LogP contribution in [0.15, 0.2) is 36.0 Å². The molecule has 0 bridgehead atoms. The summed E-state index contributed by atoms with van der Waals surface area (Å²) in [6.45, 7) is 14.0. The second kappa shape index (κ2) is 6.70. The molecule has 0 aromatic rings. The number of allylic oxidation sites excluding steroid dienone is 3. The third-order valence-electron chi connectivity index (χ3n) is 2.82. The van der Waals surface area contributed by atoms with Crippen LogP contribution >= 0.6 is 0 Å². The van der Waals surface area contributed by atoms with E-state index in [0.717, 1.165) is 12.8 Å². The fourth-order valence-electron chi connectivity index (χ4n) is 1.28. The fraction of sp³-hybridized carbons (Fsp3) is 0.600. The van der Waals surface area contributed by atoms with Crippen molar-refractivity contribution in [1.82, 2.24) is 0 Å². The molecule has 1 nitrogen and oxygen atoms in total. The van der Waals surface area contributed by atoms with E-state index in [4.69, 9.17) is 0 Å². The number of aliphatic hydroxyl groups is 1. The molecule has 0 radical (unpaired) electrons. The quantitative estimate of drug-likeness (QED) is 0.666. The van der Waals surface area contributed by atoms with E-state index in [2.05, 4.69) is 33.4 Å². The van der Waals surface area contributed by atoms with Crippen LogP contribution < -0.4 is 0 Å². The van der Waals surface area contributed by atoms with Gasteiger partial charge in [-0.05, 0) is 33.6 Å². The van der Waals surface area contributed by atoms with Gasteiger partial charge in [-0.15, -0.1) is 6.58 Å². The van der Waals surface area contributed by atoms with Crippen LogP contribution in [0.5, 0.6) is 0 Å². The standard InChI is InChI=1S/C15H26O/c1-7-15(5,6)14(16)11-13(4)10-8-9-12(2)3/h7,9,11,14,16H,1,8,10H2,2-6H3/b13-11+/t14-/m1/s1. The maximum atomic E-state index is 9.99. The van der Waals surface area contributed by atoms with Crippen molar-refractivity contribution in [2.24, 2.45) is 5.41 Å². The Morgan fingerprint density at radius 2 is 1.88 bits per heavy atom. The topological polar surface area (TPSA) is 20.2 Å². The highest BCUT2D eigenvalue weighted by Gasteiger charge is 2.21. The van der Waals surface area contributed by atoms with E-state index in [9.17, 15) is 5.11 Å². The second-order valence-electron chi connectivity index (χ2n) is 5.30. The minimum absolute atomic E-state index is 0.252. The van der Waals surface area contributed by atoms with Gasteiger partial charge < -0.3 is 5.11 Å². The lowest BCUT2D eigenvalue weighted by molar-refractivity contribution is 0.125. The summed E-state index contributed by atoms with van der Waals surface area (Å²) in [7, 11) is 0. The zero-order valence-electron chi connectivity index (χ0n) is 11.4. The summed E-state index contributed by atoms with van der Waals surface area (Å²) in [6.07, 6.45) is 7.58. The summed E-state index contributed by atoms with van der Waals surface area (Å²) in [5.41, 5.74) is 2.33. The van der Waals surface area contributed by atoms with Crippen molar-refractivity contribution < 1.29 is 5.11 Å². The molecule has 16 heavy (non-hydrogen) atoms. The molecule has 0 aromatic heterocycles. The molecule has 1 heteroatoms. The third-order valence-corrected chi connectivity index (χ3v) is 2.82. The lowest BCUT2D eigenvalue weighted by Crippen LogP contribution is -2.25. The Kier molecular flexibility index (Phi) is 6.35. The highest BCUT2D eigenvalue weighted by atomic mass is 16.3. The van der Waals surface area contributed by atoms with Crippen LogP contribution in [0.4, 0.5) is 0 Å². The van der Waals surface area contributed by atoms with Crippen LogP contribution in [0.1, 0.15) is 47.5 Å². The molecular weight excluding hydrogens is 196 g/mol. The van der Waals surface area contributed by atoms with Gasteiger partial charge in [0.05, 0.1) is 6.10 Å². The average Bonchev–Trinajstić information content (AvgIpc) is 2.16. The first-order valence-corrected chi connectivity index (χ1v) is 5.92. The fourth-order valence-corrected chi connectivity index (χ4v) is 1.28.